The van der Waals surface area contributed by atoms with Gasteiger partial charge in [-0.2, -0.15) is 0 Å². The maximum atomic E-state index is 4.42. The van der Waals surface area contributed by atoms with Crippen LogP contribution in [-0.4, -0.2) is 18.5 Å². The second-order valence-corrected chi connectivity index (χ2v) is 12.4. The van der Waals surface area contributed by atoms with E-state index in [1.54, 1.807) is 0 Å². The highest BCUT2D eigenvalue weighted by atomic mass is 15.1. The van der Waals surface area contributed by atoms with E-state index >= 15 is 0 Å². The average molecular weight is 560 g/mol. The van der Waals surface area contributed by atoms with E-state index in [1.807, 2.05) is 0 Å². The van der Waals surface area contributed by atoms with E-state index in [0.29, 0.717) is 5.92 Å². The van der Waals surface area contributed by atoms with Crippen LogP contribution in [-0.2, 0) is 5.41 Å². The quantitative estimate of drug-likeness (QED) is 0.291. The Morgan fingerprint density at radius 3 is 2.28 bits per heavy atom. The Labute approximate surface area is 257 Å². The van der Waals surface area contributed by atoms with Crippen molar-refractivity contribution in [2.75, 3.05) is 13.6 Å². The number of hydrogen-bond donors (Lipinski definition) is 0. The number of benzene rings is 2. The summed E-state index contributed by atoms with van der Waals surface area (Å²) in [4.78, 5) is 2.34. The highest BCUT2D eigenvalue weighted by molar-refractivity contribution is 5.90. The van der Waals surface area contributed by atoms with Crippen molar-refractivity contribution in [3.63, 3.8) is 0 Å². The summed E-state index contributed by atoms with van der Waals surface area (Å²) in [6.07, 6.45) is 29.5. The minimum absolute atomic E-state index is 0.308. The second kappa shape index (κ2) is 11.0. The topological polar surface area (TPSA) is 3.24 Å². The smallest absolute Gasteiger partial charge is 0.0718 e. The molecule has 43 heavy (non-hydrogen) atoms. The van der Waals surface area contributed by atoms with Crippen molar-refractivity contribution in [3.8, 4) is 11.1 Å². The zero-order valence-electron chi connectivity index (χ0n) is 25.7. The van der Waals surface area contributed by atoms with E-state index in [0.717, 1.165) is 37.9 Å². The fourth-order valence-electron chi connectivity index (χ4n) is 8.13. The van der Waals surface area contributed by atoms with Crippen LogP contribution in [0.25, 0.3) is 11.1 Å². The lowest BCUT2D eigenvalue weighted by Gasteiger charge is -2.43. The Bertz CT molecular complexity index is 1730. The van der Waals surface area contributed by atoms with Crippen LogP contribution in [0.1, 0.15) is 50.7 Å². The van der Waals surface area contributed by atoms with Gasteiger partial charge in [0, 0.05) is 31.6 Å². The summed E-state index contributed by atoms with van der Waals surface area (Å²) in [6.45, 7) is 9.53. The first kappa shape index (κ1) is 27.5. The number of hydrogen-bond acceptors (Lipinski definition) is 1. The summed E-state index contributed by atoms with van der Waals surface area (Å²) in [5, 5.41) is 0. The van der Waals surface area contributed by atoms with Crippen molar-refractivity contribution in [1.29, 1.82) is 0 Å². The van der Waals surface area contributed by atoms with Gasteiger partial charge >= 0.3 is 0 Å². The van der Waals surface area contributed by atoms with E-state index in [9.17, 15) is 0 Å². The monoisotopic (exact) mass is 559 g/mol. The maximum absolute atomic E-state index is 4.42. The van der Waals surface area contributed by atoms with Crippen molar-refractivity contribution in [3.05, 3.63) is 178 Å². The highest BCUT2D eigenvalue weighted by Crippen LogP contribution is 2.64. The molecule has 0 saturated carbocycles. The fraction of sp³-hybridized carbons (Fsp3) is 0.238. The third-order valence-electron chi connectivity index (χ3n) is 9.98. The molecule has 0 heterocycles. The van der Waals surface area contributed by atoms with Gasteiger partial charge < -0.3 is 4.90 Å². The van der Waals surface area contributed by atoms with Crippen LogP contribution in [0, 0.1) is 5.92 Å². The normalized spacial score (nSPS) is 19.9. The van der Waals surface area contributed by atoms with Crippen LogP contribution in [0.3, 0.4) is 0 Å². The van der Waals surface area contributed by atoms with Crippen LogP contribution in [0.15, 0.2) is 167 Å². The van der Waals surface area contributed by atoms with Gasteiger partial charge in [0.15, 0.2) is 0 Å². The van der Waals surface area contributed by atoms with Crippen molar-refractivity contribution in [2.45, 2.75) is 44.9 Å². The summed E-state index contributed by atoms with van der Waals surface area (Å²) in [5.41, 5.74) is 16.8. The van der Waals surface area contributed by atoms with Crippen molar-refractivity contribution in [1.82, 2.24) is 4.90 Å². The summed E-state index contributed by atoms with van der Waals surface area (Å²) in [5.74, 6) is 0.343. The molecular weight excluding hydrogens is 518 g/mol. The van der Waals surface area contributed by atoms with Gasteiger partial charge in [-0.15, -0.1) is 0 Å². The van der Waals surface area contributed by atoms with Gasteiger partial charge in [0.05, 0.1) is 5.41 Å². The number of nitrogens with zero attached hydrogens (tertiary/aromatic N) is 1. The number of allylic oxidation sites excluding steroid dienone is 16. The molecule has 5 aliphatic rings. The van der Waals surface area contributed by atoms with E-state index in [-0.39, 0.29) is 5.41 Å². The molecule has 1 nitrogen and oxygen atoms in total. The Balaban J connectivity index is 1.44. The Morgan fingerprint density at radius 1 is 0.907 bits per heavy atom. The zero-order valence-corrected chi connectivity index (χ0v) is 25.7. The molecule has 7 rings (SSSR count). The zero-order chi connectivity index (χ0) is 29.6. The van der Waals surface area contributed by atoms with Gasteiger partial charge in [-0.25, -0.2) is 0 Å². The largest absolute Gasteiger partial charge is 0.374 e. The summed E-state index contributed by atoms with van der Waals surface area (Å²) in [7, 11) is 2.19. The lowest BCUT2D eigenvalue weighted by atomic mass is 9.58. The first-order chi connectivity index (χ1) is 21.1. The van der Waals surface area contributed by atoms with Gasteiger partial charge in [0.1, 0.15) is 0 Å². The molecule has 5 aliphatic carbocycles. The lowest BCUT2D eigenvalue weighted by Crippen LogP contribution is -2.35. The van der Waals surface area contributed by atoms with Crippen LogP contribution in [0.2, 0.25) is 0 Å². The summed E-state index contributed by atoms with van der Waals surface area (Å²) < 4.78 is 0. The second-order valence-electron chi connectivity index (χ2n) is 12.4. The molecule has 0 saturated heterocycles. The molecule has 0 unspecified atom stereocenters. The number of rotatable bonds is 8. The van der Waals surface area contributed by atoms with Gasteiger partial charge in [-0.3, -0.25) is 0 Å². The first-order valence-corrected chi connectivity index (χ1v) is 15.8. The minimum Gasteiger partial charge on any atom is -0.374 e. The van der Waals surface area contributed by atoms with Gasteiger partial charge in [-0.1, -0.05) is 128 Å². The third-order valence-corrected chi connectivity index (χ3v) is 9.98. The molecule has 0 radical (unpaired) electrons. The molecule has 0 bridgehead atoms. The Kier molecular flexibility index (Phi) is 7.06. The van der Waals surface area contributed by atoms with Gasteiger partial charge in [0.2, 0.25) is 0 Å². The standard InChI is InChI=1S/C42H41N/c1-5-7-16-29(3)43(4)28-34-26-33(27-37(34)30-17-8-9-18-30)41-32(15-6-2)25-31-19-14-24-38(31)42(41)39-22-12-10-20-35(39)36-21-11-13-23-40(36)42/h5-13,15,17-24,26,30H,3,14,16,25,27-28H2,1-2,4H3/b7-5-,15-6-. The molecule has 0 atom stereocenters. The van der Waals surface area contributed by atoms with Crippen molar-refractivity contribution < 1.29 is 0 Å². The van der Waals surface area contributed by atoms with E-state index < -0.39 is 0 Å². The first-order valence-electron chi connectivity index (χ1n) is 15.8. The molecule has 2 aromatic carbocycles. The predicted octanol–water partition coefficient (Wildman–Crippen LogP) is 10.3. The maximum Gasteiger partial charge on any atom is 0.0718 e. The molecule has 2 aromatic rings. The van der Waals surface area contributed by atoms with Crippen LogP contribution in [0.5, 0.6) is 0 Å². The van der Waals surface area contributed by atoms with Crippen molar-refractivity contribution in [2.24, 2.45) is 5.92 Å². The van der Waals surface area contributed by atoms with E-state index in [1.165, 1.54) is 61.3 Å². The molecule has 214 valence electrons. The SMILES string of the molecule is C=C(C/C=C\C)N(C)CC1=C(C2C=CC=C2)CC(C2=C(/C=C\C)CC3=CCC=C3C23c2ccccc2-c2ccccc23)=C1. The molecule has 0 aliphatic heterocycles. The Morgan fingerprint density at radius 2 is 1.60 bits per heavy atom. The van der Waals surface area contributed by atoms with Crippen LogP contribution < -0.4 is 0 Å². The minimum atomic E-state index is -0.308. The van der Waals surface area contributed by atoms with Gasteiger partial charge in [-0.05, 0) is 88.8 Å². The summed E-state index contributed by atoms with van der Waals surface area (Å²) in [6, 6.07) is 18.4. The third kappa shape index (κ3) is 4.28. The number of likely N-dealkylation sites (N-methyl/N-ethyl adjacent to an activating group) is 1. The average Bonchev–Trinajstić information content (AvgIpc) is 3.83. The molecule has 1 heteroatoms. The van der Waals surface area contributed by atoms with E-state index in [2.05, 4.69) is 148 Å². The Hall–Kier alpha value is -4.36. The van der Waals surface area contributed by atoms with Crippen molar-refractivity contribution >= 4 is 0 Å². The lowest BCUT2D eigenvalue weighted by molar-refractivity contribution is 0.448. The fourth-order valence-corrected chi connectivity index (χ4v) is 8.13. The molecule has 0 fully saturated rings. The highest BCUT2D eigenvalue weighted by Gasteiger charge is 2.53. The van der Waals surface area contributed by atoms with Crippen LogP contribution in [0.4, 0.5) is 0 Å². The molecule has 1 spiro atoms. The molecular formula is C42H41N. The van der Waals surface area contributed by atoms with E-state index in [4.69, 9.17) is 0 Å². The number of fused-ring (bicyclic) bond motifs is 7. The molecule has 0 aromatic heterocycles. The predicted molar refractivity (Wildman–Crippen MR) is 183 cm³/mol. The van der Waals surface area contributed by atoms with Gasteiger partial charge in [0.25, 0.3) is 0 Å². The summed E-state index contributed by atoms with van der Waals surface area (Å²) >= 11 is 0. The molecule has 0 amide bonds. The molecule has 0 N–H and O–H groups in total. The van der Waals surface area contributed by atoms with Crippen LogP contribution >= 0.6 is 0 Å².